The normalized spacial score (nSPS) is 20.7. The van der Waals surface area contributed by atoms with Crippen molar-refractivity contribution in [3.8, 4) is 0 Å². The van der Waals surface area contributed by atoms with Gasteiger partial charge in [0.2, 0.25) is 0 Å². The Labute approximate surface area is 143 Å². The van der Waals surface area contributed by atoms with Crippen LogP contribution in [0.1, 0.15) is 42.6 Å². The molecular formula is C18H27N3O3. The van der Waals surface area contributed by atoms with Crippen LogP contribution in [0.4, 0.5) is 0 Å². The Bertz CT molecular complexity index is 563. The summed E-state index contributed by atoms with van der Waals surface area (Å²) in [5, 5.41) is 6.59. The zero-order valence-corrected chi connectivity index (χ0v) is 14.7. The first-order valence-corrected chi connectivity index (χ1v) is 8.40. The number of carbonyl (C=O) groups excluding carboxylic acids is 1. The van der Waals surface area contributed by atoms with E-state index in [9.17, 15) is 4.79 Å². The van der Waals surface area contributed by atoms with Crippen LogP contribution in [0.2, 0.25) is 0 Å². The number of nitrogens with one attached hydrogen (secondary N) is 2. The number of esters is 1. The molecule has 2 N–H and O–H groups in total. The van der Waals surface area contributed by atoms with E-state index in [1.807, 2.05) is 19.1 Å². The fourth-order valence-corrected chi connectivity index (χ4v) is 2.62. The summed E-state index contributed by atoms with van der Waals surface area (Å²) in [6, 6.07) is 7.29. The summed E-state index contributed by atoms with van der Waals surface area (Å²) in [5.74, 6) is 0.441. The van der Waals surface area contributed by atoms with E-state index in [1.54, 1.807) is 12.1 Å². The van der Waals surface area contributed by atoms with Gasteiger partial charge in [-0.05, 0) is 44.4 Å². The number of hydrogen-bond acceptors (Lipinski definition) is 4. The van der Waals surface area contributed by atoms with Crippen LogP contribution in [0.15, 0.2) is 29.3 Å². The van der Waals surface area contributed by atoms with Gasteiger partial charge in [0.15, 0.2) is 5.96 Å². The van der Waals surface area contributed by atoms with Gasteiger partial charge in [0.1, 0.15) is 0 Å². The summed E-state index contributed by atoms with van der Waals surface area (Å²) in [5.41, 5.74) is 1.46. The summed E-state index contributed by atoms with van der Waals surface area (Å²) in [4.78, 5) is 16.0. The number of ether oxygens (including phenoxy) is 2. The topological polar surface area (TPSA) is 72.0 Å². The van der Waals surface area contributed by atoms with Gasteiger partial charge >= 0.3 is 5.97 Å². The van der Waals surface area contributed by atoms with Gasteiger partial charge in [0.05, 0.1) is 24.8 Å². The molecule has 1 unspecified atom stereocenters. The number of rotatable bonds is 6. The Balaban J connectivity index is 1.93. The molecule has 1 atom stereocenters. The minimum atomic E-state index is -0.329. The first-order chi connectivity index (χ1) is 11.6. The number of methoxy groups -OCH3 is 1. The van der Waals surface area contributed by atoms with Crippen molar-refractivity contribution in [3.63, 3.8) is 0 Å². The Morgan fingerprint density at radius 3 is 2.67 bits per heavy atom. The lowest BCUT2D eigenvalue weighted by Crippen LogP contribution is -2.45. The number of hydrogen-bond donors (Lipinski definition) is 2. The van der Waals surface area contributed by atoms with Gasteiger partial charge in [-0.3, -0.25) is 0 Å². The monoisotopic (exact) mass is 333 g/mol. The van der Waals surface area contributed by atoms with Crippen molar-refractivity contribution in [2.24, 2.45) is 4.99 Å². The average molecular weight is 333 g/mol. The zero-order chi connectivity index (χ0) is 17.4. The highest BCUT2D eigenvalue weighted by Gasteiger charge is 2.29. The molecular weight excluding hydrogens is 306 g/mol. The second-order valence-corrected chi connectivity index (χ2v) is 6.14. The molecule has 1 saturated heterocycles. The third-order valence-electron chi connectivity index (χ3n) is 4.07. The lowest BCUT2D eigenvalue weighted by Gasteiger charge is -2.24. The van der Waals surface area contributed by atoms with Gasteiger partial charge in [-0.15, -0.1) is 0 Å². The molecule has 1 aromatic rings. The Morgan fingerprint density at radius 1 is 1.33 bits per heavy atom. The third-order valence-corrected chi connectivity index (χ3v) is 4.07. The third kappa shape index (κ3) is 5.23. The van der Waals surface area contributed by atoms with Crippen LogP contribution < -0.4 is 10.6 Å². The van der Waals surface area contributed by atoms with Crippen LogP contribution in [0.5, 0.6) is 0 Å². The fourth-order valence-electron chi connectivity index (χ4n) is 2.62. The van der Waals surface area contributed by atoms with Crippen LogP contribution in [0.25, 0.3) is 0 Å². The van der Waals surface area contributed by atoms with Crippen molar-refractivity contribution in [3.05, 3.63) is 35.4 Å². The molecule has 1 heterocycles. The Kier molecular flexibility index (Phi) is 6.61. The molecule has 132 valence electrons. The quantitative estimate of drug-likeness (QED) is 0.474. The highest BCUT2D eigenvalue weighted by Crippen LogP contribution is 2.23. The van der Waals surface area contributed by atoms with E-state index >= 15 is 0 Å². The summed E-state index contributed by atoms with van der Waals surface area (Å²) < 4.78 is 10.5. The molecule has 0 amide bonds. The van der Waals surface area contributed by atoms with E-state index < -0.39 is 0 Å². The lowest BCUT2D eigenvalue weighted by atomic mass is 10.0. The van der Waals surface area contributed by atoms with Crippen molar-refractivity contribution in [1.82, 2.24) is 10.6 Å². The molecule has 24 heavy (non-hydrogen) atoms. The highest BCUT2D eigenvalue weighted by molar-refractivity contribution is 5.89. The van der Waals surface area contributed by atoms with Crippen molar-refractivity contribution >= 4 is 11.9 Å². The van der Waals surface area contributed by atoms with Gasteiger partial charge < -0.3 is 20.1 Å². The Morgan fingerprint density at radius 2 is 2.08 bits per heavy atom. The summed E-state index contributed by atoms with van der Waals surface area (Å²) >= 11 is 0. The predicted molar refractivity (Wildman–Crippen MR) is 94.2 cm³/mol. The molecule has 1 aromatic carbocycles. The first-order valence-electron chi connectivity index (χ1n) is 8.40. The maximum Gasteiger partial charge on any atom is 0.337 e. The van der Waals surface area contributed by atoms with Crippen LogP contribution in [-0.2, 0) is 16.0 Å². The Hall–Kier alpha value is -2.08. The molecule has 0 spiro atoms. The van der Waals surface area contributed by atoms with E-state index in [2.05, 4.69) is 22.5 Å². The van der Waals surface area contributed by atoms with Gasteiger partial charge in [-0.2, -0.15) is 0 Å². The number of aliphatic imine (C=N–C) groups is 1. The molecule has 6 heteroatoms. The smallest absolute Gasteiger partial charge is 0.337 e. The maximum atomic E-state index is 11.4. The molecule has 0 saturated carbocycles. The standard InChI is InChI=1S/C18H27N3O3/c1-4-19-17(21-13-18(2)10-5-11-24-18)20-12-14-6-8-15(9-7-14)16(22)23-3/h6-9H,4-5,10-13H2,1-3H3,(H2,19,20,21). The molecule has 0 radical (unpaired) electrons. The van der Waals surface area contributed by atoms with E-state index in [1.165, 1.54) is 7.11 Å². The van der Waals surface area contributed by atoms with Crippen molar-refractivity contribution < 1.29 is 14.3 Å². The van der Waals surface area contributed by atoms with E-state index in [0.29, 0.717) is 12.1 Å². The van der Waals surface area contributed by atoms with Gasteiger partial charge in [0, 0.05) is 19.7 Å². The molecule has 6 nitrogen and oxygen atoms in total. The minimum Gasteiger partial charge on any atom is -0.465 e. The molecule has 0 aliphatic carbocycles. The molecule has 1 aliphatic heterocycles. The zero-order valence-electron chi connectivity index (χ0n) is 14.7. The summed E-state index contributed by atoms with van der Waals surface area (Å²) in [7, 11) is 1.38. The predicted octanol–water partition coefficient (Wildman–Crippen LogP) is 2.10. The number of carbonyl (C=O) groups is 1. The highest BCUT2D eigenvalue weighted by atomic mass is 16.5. The van der Waals surface area contributed by atoms with Crippen molar-refractivity contribution in [1.29, 1.82) is 0 Å². The first kappa shape index (κ1) is 18.3. The van der Waals surface area contributed by atoms with Crippen molar-refractivity contribution in [2.75, 3.05) is 26.8 Å². The SMILES string of the molecule is CCNC(=NCc1ccc(C(=O)OC)cc1)NCC1(C)CCCO1. The van der Waals surface area contributed by atoms with Crippen molar-refractivity contribution in [2.45, 2.75) is 38.8 Å². The van der Waals surface area contributed by atoms with Crippen LogP contribution in [0.3, 0.4) is 0 Å². The number of nitrogens with zero attached hydrogens (tertiary/aromatic N) is 1. The fraction of sp³-hybridized carbons (Fsp3) is 0.556. The second kappa shape index (κ2) is 8.68. The second-order valence-electron chi connectivity index (χ2n) is 6.14. The molecule has 1 fully saturated rings. The summed E-state index contributed by atoms with van der Waals surface area (Å²) in [6.07, 6.45) is 2.17. The van der Waals surface area contributed by atoms with Crippen LogP contribution in [0, 0.1) is 0 Å². The largest absolute Gasteiger partial charge is 0.465 e. The maximum absolute atomic E-state index is 11.4. The number of benzene rings is 1. The van der Waals surface area contributed by atoms with Gasteiger partial charge in [0.25, 0.3) is 0 Å². The van der Waals surface area contributed by atoms with E-state index in [4.69, 9.17) is 9.47 Å². The van der Waals surface area contributed by atoms with E-state index in [-0.39, 0.29) is 11.6 Å². The average Bonchev–Trinajstić information content (AvgIpc) is 3.04. The lowest BCUT2D eigenvalue weighted by molar-refractivity contribution is 0.0242. The van der Waals surface area contributed by atoms with Gasteiger partial charge in [-0.1, -0.05) is 12.1 Å². The molecule has 0 bridgehead atoms. The van der Waals surface area contributed by atoms with Crippen LogP contribution in [-0.4, -0.2) is 44.3 Å². The molecule has 1 aliphatic rings. The van der Waals surface area contributed by atoms with Crippen LogP contribution >= 0.6 is 0 Å². The molecule has 0 aromatic heterocycles. The van der Waals surface area contributed by atoms with Gasteiger partial charge in [-0.25, -0.2) is 9.79 Å². The molecule has 2 rings (SSSR count). The summed E-state index contributed by atoms with van der Waals surface area (Å²) in [6.45, 7) is 7.07. The van der Waals surface area contributed by atoms with E-state index in [0.717, 1.165) is 44.1 Å². The number of guanidine groups is 1. The minimum absolute atomic E-state index is 0.113.